The Balaban J connectivity index is 0.00000280. The number of nitrogens with one attached hydrogen (secondary N) is 1. The third-order valence-electron chi connectivity index (χ3n) is 4.51. The van der Waals surface area contributed by atoms with Crippen molar-refractivity contribution in [3.8, 4) is 5.75 Å². The van der Waals surface area contributed by atoms with Crippen molar-refractivity contribution in [1.82, 2.24) is 9.21 Å². The highest BCUT2D eigenvalue weighted by Crippen LogP contribution is 2.20. The number of carbonyl (C=O) groups is 1. The van der Waals surface area contributed by atoms with E-state index in [-0.39, 0.29) is 42.8 Å². The number of hydrogen-bond donors (Lipinski definition) is 1. The maximum atomic E-state index is 12.7. The molecule has 0 unspecified atom stereocenters. The van der Waals surface area contributed by atoms with Crippen molar-refractivity contribution in [2.45, 2.75) is 4.90 Å². The number of nitrogens with zero attached hydrogens (tertiary/aromatic N) is 2. The molecule has 0 spiro atoms. The molecule has 0 aliphatic carbocycles. The average molecular weight is 426 g/mol. The van der Waals surface area contributed by atoms with E-state index in [0.717, 1.165) is 5.69 Å². The summed E-state index contributed by atoms with van der Waals surface area (Å²) in [7, 11) is -2.03. The van der Waals surface area contributed by atoms with Crippen molar-refractivity contribution in [3.05, 3.63) is 54.6 Å². The van der Waals surface area contributed by atoms with E-state index < -0.39 is 10.0 Å². The third-order valence-corrected chi connectivity index (χ3v) is 6.42. The summed E-state index contributed by atoms with van der Waals surface area (Å²) in [4.78, 5) is 14.3. The van der Waals surface area contributed by atoms with Crippen LogP contribution in [0.1, 0.15) is 0 Å². The van der Waals surface area contributed by atoms with Crippen LogP contribution >= 0.6 is 12.4 Å². The first-order valence-electron chi connectivity index (χ1n) is 8.71. The minimum Gasteiger partial charge on any atom is -0.497 e. The van der Waals surface area contributed by atoms with Crippen LogP contribution in [0.25, 0.3) is 0 Å². The molecule has 0 atom stereocenters. The summed E-state index contributed by atoms with van der Waals surface area (Å²) in [5, 5.41) is 3.08. The Labute approximate surface area is 171 Å². The molecule has 0 aromatic heterocycles. The number of sulfonamides is 1. The van der Waals surface area contributed by atoms with Gasteiger partial charge < -0.3 is 15.0 Å². The standard InChI is InChI=1S/C19H23N3O4S.ClH/c1-26-17-7-9-18(10-8-17)27(24,25)22-13-11-21(12-14-22)19(23)15-20-16-5-3-2-4-6-16;/h2-10,20H,11-15H2,1H3;1H. The Hall–Kier alpha value is -2.29. The van der Waals surface area contributed by atoms with Gasteiger partial charge in [-0.3, -0.25) is 4.79 Å². The summed E-state index contributed by atoms with van der Waals surface area (Å²) in [6.07, 6.45) is 0. The number of ether oxygens (including phenoxy) is 1. The molecule has 0 bridgehead atoms. The summed E-state index contributed by atoms with van der Waals surface area (Å²) in [5.74, 6) is 0.565. The van der Waals surface area contributed by atoms with Crippen molar-refractivity contribution in [1.29, 1.82) is 0 Å². The molecule has 1 aliphatic heterocycles. The van der Waals surface area contributed by atoms with Crippen LogP contribution < -0.4 is 10.1 Å². The third kappa shape index (κ3) is 5.15. The number of amides is 1. The molecule has 152 valence electrons. The molecule has 0 saturated carbocycles. The van der Waals surface area contributed by atoms with Gasteiger partial charge in [-0.2, -0.15) is 4.31 Å². The minimum absolute atomic E-state index is 0. The molecule has 1 saturated heterocycles. The van der Waals surface area contributed by atoms with Gasteiger partial charge in [0.1, 0.15) is 5.75 Å². The molecule has 9 heteroatoms. The number of methoxy groups -OCH3 is 1. The smallest absolute Gasteiger partial charge is 0.243 e. The highest BCUT2D eigenvalue weighted by Gasteiger charge is 2.29. The van der Waals surface area contributed by atoms with Crippen LogP contribution in [0.4, 0.5) is 5.69 Å². The quantitative estimate of drug-likeness (QED) is 0.766. The lowest BCUT2D eigenvalue weighted by Gasteiger charge is -2.34. The Bertz CT molecular complexity index is 868. The van der Waals surface area contributed by atoms with E-state index in [1.54, 1.807) is 17.0 Å². The molecule has 2 aromatic rings. The Morgan fingerprint density at radius 1 is 1.00 bits per heavy atom. The van der Waals surface area contributed by atoms with Crippen LogP contribution in [0.3, 0.4) is 0 Å². The summed E-state index contributed by atoms with van der Waals surface area (Å²) in [6, 6.07) is 15.8. The van der Waals surface area contributed by atoms with Gasteiger partial charge >= 0.3 is 0 Å². The van der Waals surface area contributed by atoms with Gasteiger partial charge in [0.05, 0.1) is 18.6 Å². The van der Waals surface area contributed by atoms with Gasteiger partial charge in [0.15, 0.2) is 0 Å². The molecule has 1 N–H and O–H groups in total. The normalized spacial score (nSPS) is 14.8. The molecule has 1 aliphatic rings. The second-order valence-corrected chi connectivity index (χ2v) is 8.12. The summed E-state index contributed by atoms with van der Waals surface area (Å²) in [5.41, 5.74) is 0.881. The molecule has 1 fully saturated rings. The SMILES string of the molecule is COc1ccc(S(=O)(=O)N2CCN(C(=O)CNc3ccccc3)CC2)cc1.Cl. The average Bonchev–Trinajstić information content (AvgIpc) is 2.73. The van der Waals surface area contributed by atoms with Crippen molar-refractivity contribution in [2.24, 2.45) is 0 Å². The summed E-state index contributed by atoms with van der Waals surface area (Å²) >= 11 is 0. The van der Waals surface area contributed by atoms with E-state index in [4.69, 9.17) is 4.74 Å². The molecule has 7 nitrogen and oxygen atoms in total. The number of benzene rings is 2. The lowest BCUT2D eigenvalue weighted by Crippen LogP contribution is -2.51. The maximum absolute atomic E-state index is 12.7. The van der Waals surface area contributed by atoms with Gasteiger partial charge in [-0.1, -0.05) is 18.2 Å². The van der Waals surface area contributed by atoms with Crippen LogP contribution in [0.5, 0.6) is 5.75 Å². The fourth-order valence-corrected chi connectivity index (χ4v) is 4.34. The van der Waals surface area contributed by atoms with E-state index in [0.29, 0.717) is 18.8 Å². The molecule has 28 heavy (non-hydrogen) atoms. The first kappa shape index (κ1) is 22.0. The number of para-hydroxylation sites is 1. The monoisotopic (exact) mass is 425 g/mol. The first-order valence-corrected chi connectivity index (χ1v) is 10.2. The van der Waals surface area contributed by atoms with Crippen molar-refractivity contribution >= 4 is 34.0 Å². The largest absolute Gasteiger partial charge is 0.497 e. The number of hydrogen-bond acceptors (Lipinski definition) is 5. The van der Waals surface area contributed by atoms with Crippen LogP contribution in [-0.4, -0.2) is 63.4 Å². The molecule has 1 heterocycles. The van der Waals surface area contributed by atoms with E-state index in [9.17, 15) is 13.2 Å². The fraction of sp³-hybridized carbons (Fsp3) is 0.316. The predicted molar refractivity (Wildman–Crippen MR) is 111 cm³/mol. The van der Waals surface area contributed by atoms with E-state index >= 15 is 0 Å². The maximum Gasteiger partial charge on any atom is 0.243 e. The number of anilines is 1. The van der Waals surface area contributed by atoms with Crippen LogP contribution in [0, 0.1) is 0 Å². The van der Waals surface area contributed by atoms with Gasteiger partial charge in [-0.05, 0) is 36.4 Å². The summed E-state index contributed by atoms with van der Waals surface area (Å²) in [6.45, 7) is 1.52. The number of halogens is 1. The Morgan fingerprint density at radius 3 is 2.18 bits per heavy atom. The van der Waals surface area contributed by atoms with Gasteiger partial charge in [0, 0.05) is 31.9 Å². The van der Waals surface area contributed by atoms with Gasteiger partial charge in [0.2, 0.25) is 15.9 Å². The lowest BCUT2D eigenvalue weighted by atomic mass is 10.3. The first-order chi connectivity index (χ1) is 13.0. The Kier molecular flexibility index (Phi) is 7.68. The zero-order valence-corrected chi connectivity index (χ0v) is 17.2. The fourth-order valence-electron chi connectivity index (χ4n) is 2.92. The van der Waals surface area contributed by atoms with Gasteiger partial charge in [-0.25, -0.2) is 8.42 Å². The second kappa shape index (κ2) is 9.77. The highest BCUT2D eigenvalue weighted by atomic mass is 35.5. The number of piperazine rings is 1. The summed E-state index contributed by atoms with van der Waals surface area (Å²) < 4.78 is 32.0. The molecule has 0 radical (unpaired) electrons. The van der Waals surface area contributed by atoms with E-state index in [2.05, 4.69) is 5.32 Å². The molecule has 1 amide bonds. The van der Waals surface area contributed by atoms with Crippen LogP contribution in [0.2, 0.25) is 0 Å². The molecule has 3 rings (SSSR count). The van der Waals surface area contributed by atoms with Crippen molar-refractivity contribution in [2.75, 3.05) is 45.2 Å². The van der Waals surface area contributed by atoms with E-state index in [1.807, 2.05) is 30.3 Å². The topological polar surface area (TPSA) is 79.0 Å². The second-order valence-electron chi connectivity index (χ2n) is 6.18. The minimum atomic E-state index is -3.57. The van der Waals surface area contributed by atoms with Crippen LogP contribution in [0.15, 0.2) is 59.5 Å². The van der Waals surface area contributed by atoms with Gasteiger partial charge in [-0.15, -0.1) is 12.4 Å². The Morgan fingerprint density at radius 2 is 1.61 bits per heavy atom. The zero-order valence-electron chi connectivity index (χ0n) is 15.6. The van der Waals surface area contributed by atoms with Crippen molar-refractivity contribution in [3.63, 3.8) is 0 Å². The molecular formula is C19H24ClN3O4S. The number of carbonyl (C=O) groups excluding carboxylic acids is 1. The molecular weight excluding hydrogens is 402 g/mol. The van der Waals surface area contributed by atoms with Crippen LogP contribution in [-0.2, 0) is 14.8 Å². The van der Waals surface area contributed by atoms with Gasteiger partial charge in [0.25, 0.3) is 0 Å². The lowest BCUT2D eigenvalue weighted by molar-refractivity contribution is -0.130. The molecule has 2 aromatic carbocycles. The van der Waals surface area contributed by atoms with E-state index in [1.165, 1.54) is 23.5 Å². The predicted octanol–water partition coefficient (Wildman–Crippen LogP) is 2.06. The zero-order chi connectivity index (χ0) is 19.3. The highest BCUT2D eigenvalue weighted by molar-refractivity contribution is 7.89. The van der Waals surface area contributed by atoms with Crippen molar-refractivity contribution < 1.29 is 17.9 Å². The number of rotatable bonds is 6.